The summed E-state index contributed by atoms with van der Waals surface area (Å²) in [4.78, 5) is 27.5. The van der Waals surface area contributed by atoms with E-state index in [0.29, 0.717) is 19.4 Å². The average molecular weight is 508 g/mol. The van der Waals surface area contributed by atoms with E-state index in [2.05, 4.69) is 19.9 Å². The van der Waals surface area contributed by atoms with Crippen LogP contribution in [0.3, 0.4) is 0 Å². The number of hydrogen-bond donors (Lipinski definition) is 2. The van der Waals surface area contributed by atoms with Crippen LogP contribution in [0.2, 0.25) is 0 Å². The van der Waals surface area contributed by atoms with Crippen molar-refractivity contribution in [2.45, 2.75) is 30.9 Å². The first-order valence-corrected chi connectivity index (χ1v) is 11.9. The number of benzene rings is 1. The lowest BCUT2D eigenvalue weighted by molar-refractivity contribution is -0.141. The molecule has 0 saturated heterocycles. The third-order valence-electron chi connectivity index (χ3n) is 4.88. The van der Waals surface area contributed by atoms with Gasteiger partial charge in [0.05, 0.1) is 35.6 Å². The van der Waals surface area contributed by atoms with Crippen molar-refractivity contribution in [3.05, 3.63) is 54.4 Å². The number of carbonyl (C=O) groups excluding carboxylic acids is 1. The van der Waals surface area contributed by atoms with E-state index in [-0.39, 0.29) is 17.1 Å². The Balaban J connectivity index is 1.51. The SMILES string of the molecule is CCOc1cncc(-c2ccc(NC(=O)C(F)(F)c3ccnc(NS(=O)(=O)C4CC4)n3)c(F)c2)n1. The second-order valence-corrected chi connectivity index (χ2v) is 9.47. The minimum atomic E-state index is -4.22. The van der Waals surface area contributed by atoms with Crippen molar-refractivity contribution in [2.24, 2.45) is 0 Å². The summed E-state index contributed by atoms with van der Waals surface area (Å²) in [5.74, 6) is -7.43. The van der Waals surface area contributed by atoms with Gasteiger partial charge in [-0.1, -0.05) is 6.07 Å². The number of halogens is 3. The molecule has 0 aliphatic heterocycles. The quantitative estimate of drug-likeness (QED) is 0.450. The molecule has 1 aromatic carbocycles. The molecule has 0 bridgehead atoms. The molecule has 2 aromatic heterocycles. The van der Waals surface area contributed by atoms with E-state index >= 15 is 0 Å². The fraction of sp³-hybridized carbons (Fsp3) is 0.286. The number of aromatic nitrogens is 4. The third kappa shape index (κ3) is 5.48. The molecule has 2 N–H and O–H groups in total. The van der Waals surface area contributed by atoms with Crippen LogP contribution in [0.25, 0.3) is 11.3 Å². The average Bonchev–Trinajstić information content (AvgIpc) is 3.67. The monoisotopic (exact) mass is 508 g/mol. The number of amides is 1. The molecule has 14 heteroatoms. The molecule has 4 rings (SSSR count). The molecule has 1 aliphatic carbocycles. The lowest BCUT2D eigenvalue weighted by atomic mass is 10.1. The Bertz CT molecular complexity index is 1370. The summed E-state index contributed by atoms with van der Waals surface area (Å²) < 4.78 is 75.5. The Morgan fingerprint density at radius 3 is 2.66 bits per heavy atom. The highest BCUT2D eigenvalue weighted by atomic mass is 32.2. The van der Waals surface area contributed by atoms with E-state index in [0.717, 1.165) is 24.4 Å². The Morgan fingerprint density at radius 2 is 1.97 bits per heavy atom. The van der Waals surface area contributed by atoms with Crippen LogP contribution in [-0.4, -0.2) is 46.1 Å². The highest BCUT2D eigenvalue weighted by molar-refractivity contribution is 7.93. The van der Waals surface area contributed by atoms with Crippen LogP contribution < -0.4 is 14.8 Å². The van der Waals surface area contributed by atoms with Crippen LogP contribution in [0.1, 0.15) is 25.5 Å². The van der Waals surface area contributed by atoms with E-state index in [1.807, 2.05) is 10.0 Å². The molecule has 0 atom stereocenters. The first-order valence-electron chi connectivity index (χ1n) is 10.4. The van der Waals surface area contributed by atoms with E-state index in [1.165, 1.54) is 18.5 Å². The van der Waals surface area contributed by atoms with Gasteiger partial charge < -0.3 is 10.1 Å². The number of ether oxygens (including phenoxy) is 1. The number of carbonyl (C=O) groups is 1. The van der Waals surface area contributed by atoms with Crippen molar-refractivity contribution in [2.75, 3.05) is 16.6 Å². The van der Waals surface area contributed by atoms with Gasteiger partial charge in [0, 0.05) is 11.8 Å². The molecule has 1 aliphatic rings. The summed E-state index contributed by atoms with van der Waals surface area (Å²) in [6.07, 6.45) is 4.54. The molecule has 184 valence electrons. The lowest BCUT2D eigenvalue weighted by Gasteiger charge is -2.17. The number of rotatable bonds is 9. The predicted molar refractivity (Wildman–Crippen MR) is 119 cm³/mol. The zero-order valence-electron chi connectivity index (χ0n) is 18.2. The van der Waals surface area contributed by atoms with Crippen molar-refractivity contribution in [3.8, 4) is 17.1 Å². The largest absolute Gasteiger partial charge is 0.477 e. The summed E-state index contributed by atoms with van der Waals surface area (Å²) in [6.45, 7) is 2.11. The van der Waals surface area contributed by atoms with E-state index in [9.17, 15) is 26.4 Å². The van der Waals surface area contributed by atoms with Crippen molar-refractivity contribution < 1.29 is 31.1 Å². The first-order chi connectivity index (χ1) is 16.6. The van der Waals surface area contributed by atoms with Crippen molar-refractivity contribution in [1.29, 1.82) is 0 Å². The van der Waals surface area contributed by atoms with Crippen LogP contribution >= 0.6 is 0 Å². The maximum absolute atomic E-state index is 14.8. The summed E-state index contributed by atoms with van der Waals surface area (Å²) >= 11 is 0. The van der Waals surface area contributed by atoms with Crippen molar-refractivity contribution >= 4 is 27.6 Å². The molecule has 0 unspecified atom stereocenters. The molecule has 1 saturated carbocycles. The topological polar surface area (TPSA) is 136 Å². The maximum atomic E-state index is 14.8. The Morgan fingerprint density at radius 1 is 1.20 bits per heavy atom. The van der Waals surface area contributed by atoms with Crippen molar-refractivity contribution in [1.82, 2.24) is 19.9 Å². The Labute approximate surface area is 198 Å². The van der Waals surface area contributed by atoms with E-state index in [1.54, 1.807) is 6.92 Å². The van der Waals surface area contributed by atoms with E-state index < -0.39 is 50.2 Å². The molecular weight excluding hydrogens is 489 g/mol. The number of anilines is 2. The molecule has 2 heterocycles. The van der Waals surface area contributed by atoms with Crippen LogP contribution in [-0.2, 0) is 20.7 Å². The van der Waals surface area contributed by atoms with Gasteiger partial charge in [-0.2, -0.15) is 8.78 Å². The molecule has 0 spiro atoms. The maximum Gasteiger partial charge on any atom is 0.366 e. The summed E-state index contributed by atoms with van der Waals surface area (Å²) in [7, 11) is -3.80. The summed E-state index contributed by atoms with van der Waals surface area (Å²) in [5.41, 5.74) is -1.00. The molecule has 10 nitrogen and oxygen atoms in total. The molecule has 1 fully saturated rings. The fourth-order valence-electron chi connectivity index (χ4n) is 2.97. The van der Waals surface area contributed by atoms with Crippen molar-refractivity contribution in [3.63, 3.8) is 0 Å². The van der Waals surface area contributed by atoms with Crippen LogP contribution in [0.15, 0.2) is 42.9 Å². The predicted octanol–water partition coefficient (Wildman–Crippen LogP) is 3.11. The van der Waals surface area contributed by atoms with Gasteiger partial charge in [-0.3, -0.25) is 14.5 Å². The van der Waals surface area contributed by atoms with E-state index in [4.69, 9.17) is 4.74 Å². The third-order valence-corrected chi connectivity index (χ3v) is 6.69. The number of hydrogen-bond acceptors (Lipinski definition) is 8. The second kappa shape index (κ2) is 9.44. The van der Waals surface area contributed by atoms with Gasteiger partial charge in [-0.25, -0.2) is 27.8 Å². The molecule has 3 aromatic rings. The van der Waals surface area contributed by atoms with Gasteiger partial charge in [0.2, 0.25) is 21.9 Å². The van der Waals surface area contributed by atoms with Gasteiger partial charge >= 0.3 is 11.8 Å². The molecule has 35 heavy (non-hydrogen) atoms. The smallest absolute Gasteiger partial charge is 0.366 e. The number of nitrogens with zero attached hydrogens (tertiary/aromatic N) is 4. The molecular formula is C21H19F3N6O4S. The lowest BCUT2D eigenvalue weighted by Crippen LogP contribution is -2.33. The van der Waals surface area contributed by atoms with Gasteiger partial charge in [-0.05, 0) is 38.0 Å². The Hall–Kier alpha value is -3.81. The van der Waals surface area contributed by atoms with Gasteiger partial charge in [0.1, 0.15) is 11.5 Å². The second-order valence-electron chi connectivity index (χ2n) is 7.51. The molecule has 1 amide bonds. The number of nitrogens with one attached hydrogen (secondary N) is 2. The molecule has 0 radical (unpaired) electrons. The Kier molecular flexibility index (Phi) is 6.56. The normalized spacial score (nSPS) is 13.8. The number of sulfonamides is 1. The summed E-state index contributed by atoms with van der Waals surface area (Å²) in [5, 5.41) is 1.20. The summed E-state index contributed by atoms with van der Waals surface area (Å²) in [6, 6.07) is 4.23. The zero-order valence-corrected chi connectivity index (χ0v) is 19.0. The fourth-order valence-corrected chi connectivity index (χ4v) is 4.25. The van der Waals surface area contributed by atoms with Gasteiger partial charge in [0.25, 0.3) is 0 Å². The minimum Gasteiger partial charge on any atom is -0.477 e. The standard InChI is InChI=1S/C21H19F3N6O4S/c1-2-34-18-11-25-10-16(27-18)12-3-6-15(14(22)9-12)28-19(31)21(23,24)17-7-8-26-20(29-17)30-35(32,33)13-4-5-13/h3,6-11,13H,2,4-5H2,1H3,(H,28,31)(H,26,29,30). The van der Waals surface area contributed by atoms with Gasteiger partial charge in [-0.15, -0.1) is 0 Å². The zero-order chi connectivity index (χ0) is 25.2. The van der Waals surface area contributed by atoms with Crippen LogP contribution in [0, 0.1) is 5.82 Å². The number of alkyl halides is 2. The van der Waals surface area contributed by atoms with Crippen LogP contribution in [0.4, 0.5) is 24.8 Å². The highest BCUT2D eigenvalue weighted by Crippen LogP contribution is 2.32. The van der Waals surface area contributed by atoms with Crippen LogP contribution in [0.5, 0.6) is 5.88 Å². The van der Waals surface area contributed by atoms with Gasteiger partial charge in [0.15, 0.2) is 0 Å². The minimum absolute atomic E-state index is 0.228. The first kappa shape index (κ1) is 24.3. The highest BCUT2D eigenvalue weighted by Gasteiger charge is 2.43.